The molecule has 174 valence electrons. The van der Waals surface area contributed by atoms with Gasteiger partial charge in [0.05, 0.1) is 6.54 Å². The maximum Gasteiger partial charge on any atom is 0.412 e. The Labute approximate surface area is 193 Å². The number of ether oxygens (including phenoxy) is 1. The summed E-state index contributed by atoms with van der Waals surface area (Å²) in [7, 11) is -3.46. The summed E-state index contributed by atoms with van der Waals surface area (Å²) in [5.74, 6) is -0.289. The molecular weight excluding hydrogens is 450 g/mol. The van der Waals surface area contributed by atoms with E-state index in [2.05, 4.69) is 10.6 Å². The molecule has 1 aromatic carbocycles. The largest absolute Gasteiger partial charge is 0.444 e. The van der Waals surface area contributed by atoms with Crippen molar-refractivity contribution < 1.29 is 22.7 Å². The van der Waals surface area contributed by atoms with Gasteiger partial charge in [-0.3, -0.25) is 10.1 Å². The first-order valence-corrected chi connectivity index (χ1v) is 12.8. The Morgan fingerprint density at radius 3 is 2.31 bits per heavy atom. The van der Waals surface area contributed by atoms with Gasteiger partial charge in [0.1, 0.15) is 9.81 Å². The van der Waals surface area contributed by atoms with Crippen LogP contribution in [0.1, 0.15) is 55.3 Å². The third-order valence-corrected chi connectivity index (χ3v) is 8.21. The lowest BCUT2D eigenvalue weighted by atomic mass is 10.2. The lowest BCUT2D eigenvalue weighted by Gasteiger charge is -2.25. The van der Waals surface area contributed by atoms with Crippen molar-refractivity contribution in [1.29, 1.82) is 0 Å². The van der Waals surface area contributed by atoms with Gasteiger partial charge in [-0.2, -0.15) is 4.31 Å². The Morgan fingerprint density at radius 2 is 1.69 bits per heavy atom. The number of nitrogens with one attached hydrogen (secondary N) is 2. The Kier molecular flexibility index (Phi) is 7.58. The molecule has 0 aliphatic carbocycles. The van der Waals surface area contributed by atoms with E-state index in [4.69, 9.17) is 4.74 Å². The van der Waals surface area contributed by atoms with Crippen LogP contribution in [-0.4, -0.2) is 43.4 Å². The quantitative estimate of drug-likeness (QED) is 0.646. The lowest BCUT2D eigenvalue weighted by Crippen LogP contribution is -2.35. The van der Waals surface area contributed by atoms with Crippen molar-refractivity contribution in [3.8, 4) is 0 Å². The second-order valence-electron chi connectivity index (χ2n) is 8.57. The van der Waals surface area contributed by atoms with Crippen LogP contribution in [0.25, 0.3) is 0 Å². The van der Waals surface area contributed by atoms with Gasteiger partial charge in [-0.05, 0) is 70.0 Å². The summed E-state index contributed by atoms with van der Waals surface area (Å²) in [5, 5.41) is 5.42. The number of benzene rings is 1. The average Bonchev–Trinajstić information content (AvgIpc) is 3.22. The first kappa shape index (κ1) is 24.2. The standard InChI is InChI=1S/C22H29N3O5S2/c1-22(2,3)30-21(27)24-17-9-7-16(8-10-17)20(26)23-15-18-11-12-19(31-18)32(28,29)25-13-5-4-6-14-25/h7-12H,4-6,13-15H2,1-3H3,(H,23,26)(H,24,27). The minimum atomic E-state index is -3.46. The van der Waals surface area contributed by atoms with Crippen molar-refractivity contribution in [1.82, 2.24) is 9.62 Å². The van der Waals surface area contributed by atoms with Gasteiger partial charge < -0.3 is 10.1 Å². The highest BCUT2D eigenvalue weighted by Crippen LogP contribution is 2.27. The van der Waals surface area contributed by atoms with Gasteiger partial charge in [-0.25, -0.2) is 13.2 Å². The zero-order chi connectivity index (χ0) is 23.4. The van der Waals surface area contributed by atoms with E-state index in [1.807, 2.05) is 0 Å². The van der Waals surface area contributed by atoms with Crippen LogP contribution in [0.2, 0.25) is 0 Å². The SMILES string of the molecule is CC(C)(C)OC(=O)Nc1ccc(C(=O)NCc2ccc(S(=O)(=O)N3CCCCC3)s2)cc1. The molecule has 1 aliphatic heterocycles. The van der Waals surface area contributed by atoms with Gasteiger partial charge in [0.2, 0.25) is 0 Å². The highest BCUT2D eigenvalue weighted by Gasteiger charge is 2.27. The predicted octanol–water partition coefficient (Wildman–Crippen LogP) is 4.20. The zero-order valence-corrected chi connectivity index (χ0v) is 20.1. The fraction of sp³-hybridized carbons (Fsp3) is 0.455. The van der Waals surface area contributed by atoms with Crippen molar-refractivity contribution in [3.63, 3.8) is 0 Å². The summed E-state index contributed by atoms with van der Waals surface area (Å²) >= 11 is 1.18. The molecule has 2 aromatic rings. The van der Waals surface area contributed by atoms with E-state index in [0.29, 0.717) is 28.5 Å². The van der Waals surface area contributed by atoms with E-state index in [1.165, 1.54) is 15.6 Å². The van der Waals surface area contributed by atoms with Gasteiger partial charge in [-0.15, -0.1) is 11.3 Å². The minimum Gasteiger partial charge on any atom is -0.444 e. The van der Waals surface area contributed by atoms with Crippen LogP contribution in [0.5, 0.6) is 0 Å². The molecule has 0 spiro atoms. The van der Waals surface area contributed by atoms with E-state index >= 15 is 0 Å². The highest BCUT2D eigenvalue weighted by molar-refractivity contribution is 7.91. The molecular formula is C22H29N3O5S2. The fourth-order valence-corrected chi connectivity index (χ4v) is 6.19. The number of rotatable bonds is 6. The second-order valence-corrected chi connectivity index (χ2v) is 11.9. The van der Waals surface area contributed by atoms with Crippen LogP contribution in [-0.2, 0) is 21.3 Å². The summed E-state index contributed by atoms with van der Waals surface area (Å²) in [6, 6.07) is 9.77. The predicted molar refractivity (Wildman–Crippen MR) is 124 cm³/mol. The van der Waals surface area contributed by atoms with Crippen LogP contribution >= 0.6 is 11.3 Å². The summed E-state index contributed by atoms with van der Waals surface area (Å²) in [4.78, 5) is 25.0. The Hall–Kier alpha value is -2.43. The number of hydrogen-bond donors (Lipinski definition) is 2. The van der Waals surface area contributed by atoms with Crippen molar-refractivity contribution in [2.24, 2.45) is 0 Å². The van der Waals surface area contributed by atoms with Crippen LogP contribution in [0.4, 0.5) is 10.5 Å². The average molecular weight is 480 g/mol. The van der Waals surface area contributed by atoms with Crippen molar-refractivity contribution in [3.05, 3.63) is 46.8 Å². The molecule has 3 rings (SSSR count). The Bertz CT molecular complexity index is 1050. The Balaban J connectivity index is 1.54. The third kappa shape index (κ3) is 6.54. The smallest absolute Gasteiger partial charge is 0.412 e. The number of piperidine rings is 1. The van der Waals surface area contributed by atoms with E-state index in [-0.39, 0.29) is 12.5 Å². The van der Waals surface area contributed by atoms with E-state index in [1.54, 1.807) is 57.2 Å². The van der Waals surface area contributed by atoms with Gasteiger partial charge >= 0.3 is 6.09 Å². The highest BCUT2D eigenvalue weighted by atomic mass is 32.2. The van der Waals surface area contributed by atoms with E-state index < -0.39 is 21.7 Å². The van der Waals surface area contributed by atoms with Crippen LogP contribution in [0.15, 0.2) is 40.6 Å². The van der Waals surface area contributed by atoms with Crippen molar-refractivity contribution in [2.75, 3.05) is 18.4 Å². The van der Waals surface area contributed by atoms with E-state index in [9.17, 15) is 18.0 Å². The van der Waals surface area contributed by atoms with Gasteiger partial charge in [-0.1, -0.05) is 6.42 Å². The minimum absolute atomic E-state index is 0.233. The van der Waals surface area contributed by atoms with Crippen molar-refractivity contribution >= 4 is 39.0 Å². The molecule has 2 N–H and O–H groups in total. The molecule has 0 atom stereocenters. The number of amides is 2. The molecule has 8 nitrogen and oxygen atoms in total. The third-order valence-electron chi connectivity index (χ3n) is 4.76. The molecule has 2 heterocycles. The van der Waals surface area contributed by atoms with Crippen LogP contribution in [0, 0.1) is 0 Å². The second kappa shape index (κ2) is 10.0. The van der Waals surface area contributed by atoms with Crippen molar-refractivity contribution in [2.45, 2.75) is 56.4 Å². The summed E-state index contributed by atoms with van der Waals surface area (Å²) < 4.78 is 32.6. The first-order chi connectivity index (χ1) is 15.0. The molecule has 1 saturated heterocycles. The number of carbonyl (C=O) groups excluding carboxylic acids is 2. The fourth-order valence-electron chi connectivity index (χ4n) is 3.22. The molecule has 1 fully saturated rings. The number of anilines is 1. The molecule has 0 unspecified atom stereocenters. The molecule has 0 radical (unpaired) electrons. The number of thiophene rings is 1. The molecule has 0 saturated carbocycles. The van der Waals surface area contributed by atoms with E-state index in [0.717, 1.165) is 24.1 Å². The van der Waals surface area contributed by atoms with Crippen LogP contribution < -0.4 is 10.6 Å². The topological polar surface area (TPSA) is 105 Å². The molecule has 0 bridgehead atoms. The molecule has 1 aromatic heterocycles. The molecule has 10 heteroatoms. The maximum atomic E-state index is 12.8. The number of carbonyl (C=O) groups is 2. The summed E-state index contributed by atoms with van der Waals surface area (Å²) in [5.41, 5.74) is 0.345. The monoisotopic (exact) mass is 479 g/mol. The number of sulfonamides is 1. The van der Waals surface area contributed by atoms with Crippen LogP contribution in [0.3, 0.4) is 0 Å². The number of nitrogens with zero attached hydrogens (tertiary/aromatic N) is 1. The number of hydrogen-bond acceptors (Lipinski definition) is 6. The normalized spacial score (nSPS) is 15.2. The molecule has 32 heavy (non-hydrogen) atoms. The summed E-state index contributed by atoms with van der Waals surface area (Å²) in [6.45, 7) is 6.69. The molecule has 1 aliphatic rings. The Morgan fingerprint density at radius 1 is 1.03 bits per heavy atom. The maximum absolute atomic E-state index is 12.8. The zero-order valence-electron chi connectivity index (χ0n) is 18.5. The van der Waals surface area contributed by atoms with Gasteiger partial charge in [0, 0.05) is 29.2 Å². The molecule has 2 amide bonds. The van der Waals surface area contributed by atoms with Gasteiger partial charge in [0.15, 0.2) is 0 Å². The summed E-state index contributed by atoms with van der Waals surface area (Å²) in [6.07, 6.45) is 2.27. The van der Waals surface area contributed by atoms with Gasteiger partial charge in [0.25, 0.3) is 15.9 Å². The first-order valence-electron chi connectivity index (χ1n) is 10.5. The lowest BCUT2D eigenvalue weighted by molar-refractivity contribution is 0.0635.